The van der Waals surface area contributed by atoms with Gasteiger partial charge in [-0.15, -0.1) is 0 Å². The predicted molar refractivity (Wildman–Crippen MR) is 95.3 cm³/mol. The first kappa shape index (κ1) is 19.7. The Balaban J connectivity index is 1.90. The summed E-state index contributed by atoms with van der Waals surface area (Å²) < 4.78 is 58.9. The molecule has 0 bridgehead atoms. The van der Waals surface area contributed by atoms with E-state index in [0.717, 1.165) is 24.3 Å². The van der Waals surface area contributed by atoms with E-state index in [1.807, 2.05) is 0 Å². The molecule has 1 heterocycles. The molecule has 1 amide bonds. The van der Waals surface area contributed by atoms with Crippen molar-refractivity contribution in [2.75, 3.05) is 31.6 Å². The van der Waals surface area contributed by atoms with E-state index in [4.69, 9.17) is 16.3 Å². The Morgan fingerprint density at radius 2 is 1.81 bits per heavy atom. The molecule has 6 nitrogen and oxygen atoms in total. The number of hydrogen-bond acceptors (Lipinski definition) is 4. The van der Waals surface area contributed by atoms with Gasteiger partial charge in [-0.3, -0.25) is 4.79 Å². The average molecular weight is 417 g/mol. The van der Waals surface area contributed by atoms with Crippen molar-refractivity contribution in [3.05, 3.63) is 58.6 Å². The highest BCUT2D eigenvalue weighted by Crippen LogP contribution is 2.27. The summed E-state index contributed by atoms with van der Waals surface area (Å²) in [5, 5.41) is 2.17. The first-order valence-electron chi connectivity index (χ1n) is 7.93. The van der Waals surface area contributed by atoms with Gasteiger partial charge in [0.2, 0.25) is 10.0 Å². The van der Waals surface area contributed by atoms with Gasteiger partial charge < -0.3 is 10.1 Å². The van der Waals surface area contributed by atoms with E-state index in [1.165, 1.54) is 16.4 Å². The molecule has 1 N–H and O–H groups in total. The third kappa shape index (κ3) is 4.27. The van der Waals surface area contributed by atoms with Gasteiger partial charge in [0.25, 0.3) is 5.91 Å². The second kappa shape index (κ2) is 7.89. The van der Waals surface area contributed by atoms with Gasteiger partial charge in [-0.25, -0.2) is 17.2 Å². The highest BCUT2D eigenvalue weighted by Gasteiger charge is 2.29. The molecule has 0 saturated carbocycles. The van der Waals surface area contributed by atoms with E-state index < -0.39 is 27.6 Å². The van der Waals surface area contributed by atoms with Crippen LogP contribution in [0.5, 0.6) is 0 Å². The summed E-state index contributed by atoms with van der Waals surface area (Å²) in [6, 6.07) is 6.30. The number of benzene rings is 2. The van der Waals surface area contributed by atoms with Gasteiger partial charge in [0.1, 0.15) is 16.5 Å². The number of hydrogen-bond donors (Lipinski definition) is 1. The molecule has 0 aliphatic carbocycles. The number of ether oxygens (including phenoxy) is 1. The monoisotopic (exact) mass is 416 g/mol. The minimum absolute atomic E-state index is 0.0463. The largest absolute Gasteiger partial charge is 0.379 e. The Bertz CT molecular complexity index is 979. The molecule has 1 saturated heterocycles. The Morgan fingerprint density at radius 1 is 1.11 bits per heavy atom. The summed E-state index contributed by atoms with van der Waals surface area (Å²) >= 11 is 6.03. The number of rotatable bonds is 4. The maximum absolute atomic E-state index is 13.7. The molecule has 27 heavy (non-hydrogen) atoms. The third-order valence-electron chi connectivity index (χ3n) is 3.96. The lowest BCUT2D eigenvalue weighted by Gasteiger charge is -2.26. The molecule has 144 valence electrons. The quantitative estimate of drug-likeness (QED) is 0.831. The summed E-state index contributed by atoms with van der Waals surface area (Å²) in [5.74, 6) is -2.34. The fraction of sp³-hybridized carbons (Fsp3) is 0.235. The number of sulfonamides is 1. The first-order chi connectivity index (χ1) is 12.8. The van der Waals surface area contributed by atoms with Gasteiger partial charge >= 0.3 is 0 Å². The molecule has 3 rings (SSSR count). The number of halogens is 3. The lowest BCUT2D eigenvalue weighted by molar-refractivity contribution is 0.0730. The zero-order valence-corrected chi connectivity index (χ0v) is 15.5. The van der Waals surface area contributed by atoms with Crippen molar-refractivity contribution in [1.29, 1.82) is 0 Å². The third-order valence-corrected chi connectivity index (χ3v) is 6.34. The summed E-state index contributed by atoms with van der Waals surface area (Å²) in [6.45, 7) is 0.860. The fourth-order valence-electron chi connectivity index (χ4n) is 2.56. The van der Waals surface area contributed by atoms with Crippen LogP contribution in [0.1, 0.15) is 10.4 Å². The molecule has 2 aromatic rings. The molecule has 2 aromatic carbocycles. The number of nitrogens with zero attached hydrogens (tertiary/aromatic N) is 1. The van der Waals surface area contributed by atoms with Crippen molar-refractivity contribution in [2.45, 2.75) is 4.90 Å². The van der Waals surface area contributed by atoms with Gasteiger partial charge in [-0.2, -0.15) is 4.31 Å². The Labute approximate surface area is 159 Å². The van der Waals surface area contributed by atoms with Crippen molar-refractivity contribution in [3.63, 3.8) is 0 Å². The van der Waals surface area contributed by atoms with Crippen molar-refractivity contribution in [2.24, 2.45) is 0 Å². The van der Waals surface area contributed by atoms with Gasteiger partial charge in [-0.05, 0) is 30.3 Å². The normalized spacial score (nSPS) is 15.5. The van der Waals surface area contributed by atoms with E-state index in [-0.39, 0.29) is 47.5 Å². The van der Waals surface area contributed by atoms with Gasteiger partial charge in [0.05, 0.1) is 23.9 Å². The molecule has 0 atom stereocenters. The molecule has 10 heteroatoms. The van der Waals surface area contributed by atoms with Crippen LogP contribution in [0.2, 0.25) is 5.02 Å². The summed E-state index contributed by atoms with van der Waals surface area (Å²) in [5.41, 5.74) is -0.414. The molecule has 1 aliphatic rings. The van der Waals surface area contributed by atoms with Crippen LogP contribution in [0.25, 0.3) is 0 Å². The topological polar surface area (TPSA) is 75.7 Å². The first-order valence-corrected chi connectivity index (χ1v) is 9.75. The van der Waals surface area contributed by atoms with Crippen LogP contribution >= 0.6 is 11.6 Å². The summed E-state index contributed by atoms with van der Waals surface area (Å²) in [7, 11) is -3.93. The van der Waals surface area contributed by atoms with E-state index in [0.29, 0.717) is 0 Å². The van der Waals surface area contributed by atoms with E-state index in [2.05, 4.69) is 5.32 Å². The number of nitrogens with one attached hydrogen (secondary N) is 1. The van der Waals surface area contributed by atoms with Crippen LogP contribution in [0.4, 0.5) is 14.5 Å². The van der Waals surface area contributed by atoms with Crippen LogP contribution in [-0.2, 0) is 14.8 Å². The second-order valence-corrected chi connectivity index (χ2v) is 8.05. The Kier molecular flexibility index (Phi) is 5.75. The highest BCUT2D eigenvalue weighted by molar-refractivity contribution is 7.89. The van der Waals surface area contributed by atoms with Crippen molar-refractivity contribution in [3.8, 4) is 0 Å². The van der Waals surface area contributed by atoms with E-state index >= 15 is 0 Å². The number of carbonyl (C=O) groups excluding carboxylic acids is 1. The van der Waals surface area contributed by atoms with Crippen LogP contribution in [-0.4, -0.2) is 44.9 Å². The molecule has 1 fully saturated rings. The number of amides is 1. The standard InChI is InChI=1S/C17H15ClF2N2O4S/c18-13-3-1-11(17(23)21-15-10-12(19)2-4-14(15)20)9-16(13)27(24,25)22-5-7-26-8-6-22/h1-4,9-10H,5-8H2,(H,21,23). The smallest absolute Gasteiger partial charge is 0.255 e. The SMILES string of the molecule is O=C(Nc1cc(F)ccc1F)c1ccc(Cl)c(S(=O)(=O)N2CCOCC2)c1. The molecule has 0 radical (unpaired) electrons. The average Bonchev–Trinajstić information content (AvgIpc) is 2.65. The van der Waals surface area contributed by atoms with Crippen LogP contribution in [0.3, 0.4) is 0 Å². The number of carbonyl (C=O) groups is 1. The minimum atomic E-state index is -3.93. The molecule has 0 aromatic heterocycles. The van der Waals surface area contributed by atoms with Crippen molar-refractivity contribution >= 4 is 33.2 Å². The summed E-state index contributed by atoms with van der Waals surface area (Å²) in [6.07, 6.45) is 0. The van der Waals surface area contributed by atoms with Crippen LogP contribution in [0.15, 0.2) is 41.3 Å². The van der Waals surface area contributed by atoms with Gasteiger partial charge in [-0.1, -0.05) is 11.6 Å². The fourth-order valence-corrected chi connectivity index (χ4v) is 4.46. The van der Waals surface area contributed by atoms with E-state index in [9.17, 15) is 22.0 Å². The molecule has 0 spiro atoms. The number of morpholine rings is 1. The Hall–Kier alpha value is -2.07. The second-order valence-electron chi connectivity index (χ2n) is 5.74. The molecule has 0 unspecified atom stereocenters. The van der Waals surface area contributed by atoms with Crippen LogP contribution < -0.4 is 5.32 Å². The lowest BCUT2D eigenvalue weighted by Crippen LogP contribution is -2.40. The van der Waals surface area contributed by atoms with Crippen molar-refractivity contribution < 1.29 is 26.7 Å². The van der Waals surface area contributed by atoms with Crippen LogP contribution in [0, 0.1) is 11.6 Å². The zero-order valence-electron chi connectivity index (χ0n) is 13.9. The van der Waals surface area contributed by atoms with Gasteiger partial charge in [0, 0.05) is 24.7 Å². The predicted octanol–water partition coefficient (Wildman–Crippen LogP) is 2.89. The maximum atomic E-state index is 13.7. The minimum Gasteiger partial charge on any atom is -0.379 e. The van der Waals surface area contributed by atoms with E-state index in [1.54, 1.807) is 0 Å². The highest BCUT2D eigenvalue weighted by atomic mass is 35.5. The molecule has 1 aliphatic heterocycles. The number of anilines is 1. The van der Waals surface area contributed by atoms with Crippen molar-refractivity contribution in [1.82, 2.24) is 4.31 Å². The lowest BCUT2D eigenvalue weighted by atomic mass is 10.2. The molecular weight excluding hydrogens is 402 g/mol. The Morgan fingerprint density at radius 3 is 2.52 bits per heavy atom. The maximum Gasteiger partial charge on any atom is 0.255 e. The molecular formula is C17H15ClF2N2O4S. The van der Waals surface area contributed by atoms with Gasteiger partial charge in [0.15, 0.2) is 0 Å². The summed E-state index contributed by atoms with van der Waals surface area (Å²) in [4.78, 5) is 12.1. The zero-order chi connectivity index (χ0) is 19.6.